The Morgan fingerprint density at radius 3 is 2.40 bits per heavy atom. The van der Waals surface area contributed by atoms with Crippen LogP contribution in [-0.2, 0) is 0 Å². The van der Waals surface area contributed by atoms with Crippen LogP contribution >= 0.6 is 0 Å². The number of benzene rings is 2. The standard InChI is InChI=1S/C13H10F4N2O/c14-8-5-6-9(18)11(7-8)19-10-3-1-2-4-12(10)20-13(15,16)17/h1-7,19H,18H2. The average Bonchev–Trinajstić information content (AvgIpc) is 2.34. The third-order valence-electron chi connectivity index (χ3n) is 2.40. The van der Waals surface area contributed by atoms with E-state index in [9.17, 15) is 17.6 Å². The number of alkyl halides is 3. The summed E-state index contributed by atoms with van der Waals surface area (Å²) in [7, 11) is 0. The predicted molar refractivity (Wildman–Crippen MR) is 67.2 cm³/mol. The minimum atomic E-state index is -4.81. The minimum absolute atomic E-state index is 0.0297. The lowest BCUT2D eigenvalue weighted by molar-refractivity contribution is -0.274. The number of hydrogen-bond acceptors (Lipinski definition) is 3. The summed E-state index contributed by atoms with van der Waals surface area (Å²) in [6.07, 6.45) is -4.81. The molecule has 0 saturated heterocycles. The van der Waals surface area contributed by atoms with Crippen molar-refractivity contribution in [3.8, 4) is 5.75 Å². The van der Waals surface area contributed by atoms with Crippen molar-refractivity contribution >= 4 is 17.1 Å². The van der Waals surface area contributed by atoms with Crippen molar-refractivity contribution in [2.45, 2.75) is 6.36 Å². The largest absolute Gasteiger partial charge is 0.573 e. The van der Waals surface area contributed by atoms with Gasteiger partial charge in [-0.25, -0.2) is 4.39 Å². The molecule has 7 heteroatoms. The predicted octanol–water partition coefficient (Wildman–Crippen LogP) is 4.05. The zero-order valence-corrected chi connectivity index (χ0v) is 10.0. The molecule has 2 aromatic carbocycles. The first-order valence-electron chi connectivity index (χ1n) is 5.52. The van der Waals surface area contributed by atoms with Crippen LogP contribution in [0, 0.1) is 5.82 Å². The van der Waals surface area contributed by atoms with Crippen LogP contribution in [0.5, 0.6) is 5.75 Å². The van der Waals surface area contributed by atoms with Crippen LogP contribution in [0.1, 0.15) is 0 Å². The van der Waals surface area contributed by atoms with Gasteiger partial charge in [-0.1, -0.05) is 12.1 Å². The Balaban J connectivity index is 2.32. The van der Waals surface area contributed by atoms with Gasteiger partial charge in [0.15, 0.2) is 5.75 Å². The molecular formula is C13H10F4N2O. The molecule has 0 radical (unpaired) electrons. The van der Waals surface area contributed by atoms with Crippen molar-refractivity contribution in [3.05, 3.63) is 48.3 Å². The second-order valence-corrected chi connectivity index (χ2v) is 3.90. The van der Waals surface area contributed by atoms with Gasteiger partial charge in [0.2, 0.25) is 0 Å². The van der Waals surface area contributed by atoms with Crippen molar-refractivity contribution in [1.82, 2.24) is 0 Å². The van der Waals surface area contributed by atoms with Crippen LogP contribution in [-0.4, -0.2) is 6.36 Å². The number of halogens is 4. The Labute approximate surface area is 112 Å². The Hall–Kier alpha value is -2.44. The Morgan fingerprint density at radius 1 is 1.00 bits per heavy atom. The van der Waals surface area contributed by atoms with E-state index in [1.54, 1.807) is 0 Å². The van der Waals surface area contributed by atoms with Crippen LogP contribution < -0.4 is 15.8 Å². The third kappa shape index (κ3) is 3.53. The molecule has 0 aromatic heterocycles. The van der Waals surface area contributed by atoms with Gasteiger partial charge < -0.3 is 15.8 Å². The van der Waals surface area contributed by atoms with E-state index >= 15 is 0 Å². The monoisotopic (exact) mass is 286 g/mol. The van der Waals surface area contributed by atoms with E-state index < -0.39 is 17.9 Å². The normalized spacial score (nSPS) is 11.2. The smallest absolute Gasteiger partial charge is 0.404 e. The summed E-state index contributed by atoms with van der Waals surface area (Å²) in [6, 6.07) is 8.96. The topological polar surface area (TPSA) is 47.3 Å². The molecule has 0 aliphatic heterocycles. The summed E-state index contributed by atoms with van der Waals surface area (Å²) in [6.45, 7) is 0. The molecule has 0 amide bonds. The molecular weight excluding hydrogens is 276 g/mol. The summed E-state index contributed by atoms with van der Waals surface area (Å²) < 4.78 is 53.8. The molecule has 2 aromatic rings. The number of anilines is 3. The van der Waals surface area contributed by atoms with Crippen LogP contribution in [0.2, 0.25) is 0 Å². The highest BCUT2D eigenvalue weighted by atomic mass is 19.4. The van der Waals surface area contributed by atoms with Gasteiger partial charge in [-0.15, -0.1) is 13.2 Å². The van der Waals surface area contributed by atoms with Gasteiger partial charge in [0, 0.05) is 0 Å². The Kier molecular flexibility index (Phi) is 3.69. The maximum absolute atomic E-state index is 13.1. The highest BCUT2D eigenvalue weighted by Gasteiger charge is 2.32. The van der Waals surface area contributed by atoms with Crippen molar-refractivity contribution in [3.63, 3.8) is 0 Å². The average molecular weight is 286 g/mol. The fraction of sp³-hybridized carbons (Fsp3) is 0.0769. The zero-order chi connectivity index (χ0) is 14.8. The maximum atomic E-state index is 13.1. The number of hydrogen-bond donors (Lipinski definition) is 2. The molecule has 0 bridgehead atoms. The molecule has 0 spiro atoms. The molecule has 0 fully saturated rings. The lowest BCUT2D eigenvalue weighted by Gasteiger charge is -2.15. The zero-order valence-electron chi connectivity index (χ0n) is 10.0. The van der Waals surface area contributed by atoms with Gasteiger partial charge in [0.1, 0.15) is 5.82 Å². The van der Waals surface area contributed by atoms with Gasteiger partial charge in [0.25, 0.3) is 0 Å². The van der Waals surface area contributed by atoms with Crippen molar-refractivity contribution in [2.24, 2.45) is 0 Å². The number of nitrogens with one attached hydrogen (secondary N) is 1. The van der Waals surface area contributed by atoms with Crippen molar-refractivity contribution in [2.75, 3.05) is 11.1 Å². The van der Waals surface area contributed by atoms with E-state index in [0.717, 1.165) is 18.2 Å². The first-order chi connectivity index (χ1) is 9.35. The highest BCUT2D eigenvalue weighted by molar-refractivity contribution is 5.75. The molecule has 0 heterocycles. The molecule has 0 saturated carbocycles. The van der Waals surface area contributed by atoms with E-state index in [-0.39, 0.29) is 17.1 Å². The van der Waals surface area contributed by atoms with E-state index in [4.69, 9.17) is 5.73 Å². The number of rotatable bonds is 3. The van der Waals surface area contributed by atoms with E-state index in [0.29, 0.717) is 0 Å². The molecule has 3 N–H and O–H groups in total. The summed E-state index contributed by atoms with van der Waals surface area (Å²) in [5, 5.41) is 2.61. The molecule has 0 atom stereocenters. The summed E-state index contributed by atoms with van der Waals surface area (Å²) in [4.78, 5) is 0. The maximum Gasteiger partial charge on any atom is 0.573 e. The quantitative estimate of drug-likeness (QED) is 0.661. The minimum Gasteiger partial charge on any atom is -0.404 e. The van der Waals surface area contributed by atoms with Crippen LogP contribution in [0.3, 0.4) is 0 Å². The Morgan fingerprint density at radius 2 is 1.70 bits per heavy atom. The first-order valence-corrected chi connectivity index (χ1v) is 5.52. The molecule has 106 valence electrons. The second kappa shape index (κ2) is 5.28. The third-order valence-corrected chi connectivity index (χ3v) is 2.40. The molecule has 3 nitrogen and oxygen atoms in total. The lowest BCUT2D eigenvalue weighted by Crippen LogP contribution is -2.17. The highest BCUT2D eigenvalue weighted by Crippen LogP contribution is 2.33. The first kappa shape index (κ1) is 14.0. The summed E-state index contributed by atoms with van der Waals surface area (Å²) in [5.41, 5.74) is 6.01. The number of nitrogen functional groups attached to an aromatic ring is 1. The molecule has 0 unspecified atom stereocenters. The van der Waals surface area contributed by atoms with Gasteiger partial charge in [-0.2, -0.15) is 0 Å². The van der Waals surface area contributed by atoms with Crippen molar-refractivity contribution in [1.29, 1.82) is 0 Å². The summed E-state index contributed by atoms with van der Waals surface area (Å²) in [5.74, 6) is -0.986. The number of para-hydroxylation sites is 2. The molecule has 2 rings (SSSR count). The number of ether oxygens (including phenoxy) is 1. The van der Waals surface area contributed by atoms with Crippen molar-refractivity contribution < 1.29 is 22.3 Å². The molecule has 20 heavy (non-hydrogen) atoms. The Bertz CT molecular complexity index is 614. The molecule has 0 aliphatic carbocycles. The number of nitrogens with two attached hydrogens (primary N) is 1. The van der Waals surface area contributed by atoms with Gasteiger partial charge >= 0.3 is 6.36 Å². The fourth-order valence-corrected chi connectivity index (χ4v) is 1.57. The van der Waals surface area contributed by atoms with Gasteiger partial charge in [-0.05, 0) is 30.3 Å². The SMILES string of the molecule is Nc1ccc(F)cc1Nc1ccccc1OC(F)(F)F. The second-order valence-electron chi connectivity index (χ2n) is 3.90. The van der Waals surface area contributed by atoms with Crippen LogP contribution in [0.4, 0.5) is 34.6 Å². The lowest BCUT2D eigenvalue weighted by atomic mass is 10.2. The summed E-state index contributed by atoms with van der Waals surface area (Å²) >= 11 is 0. The van der Waals surface area contributed by atoms with Crippen LogP contribution in [0.15, 0.2) is 42.5 Å². The molecule has 0 aliphatic rings. The van der Waals surface area contributed by atoms with Gasteiger partial charge in [0.05, 0.1) is 17.1 Å². The van der Waals surface area contributed by atoms with E-state index in [2.05, 4.69) is 10.1 Å². The van der Waals surface area contributed by atoms with Crippen LogP contribution in [0.25, 0.3) is 0 Å². The van der Waals surface area contributed by atoms with E-state index in [1.165, 1.54) is 24.3 Å². The van der Waals surface area contributed by atoms with Gasteiger partial charge in [-0.3, -0.25) is 0 Å². The van der Waals surface area contributed by atoms with E-state index in [1.807, 2.05) is 0 Å². The fourth-order valence-electron chi connectivity index (χ4n) is 1.57.